The highest BCUT2D eigenvalue weighted by Crippen LogP contribution is 2.30. The molecule has 0 spiro atoms. The number of hydrogen-bond donors (Lipinski definition) is 3. The second-order valence-electron chi connectivity index (χ2n) is 8.29. The second kappa shape index (κ2) is 10.6. The maximum atomic E-state index is 12.9. The van der Waals surface area contributed by atoms with E-state index in [-0.39, 0.29) is 17.1 Å². The van der Waals surface area contributed by atoms with Crippen LogP contribution >= 0.6 is 11.8 Å². The molecule has 0 aliphatic heterocycles. The van der Waals surface area contributed by atoms with Gasteiger partial charge in [-0.1, -0.05) is 54.6 Å². The average molecular weight is 475 g/mol. The summed E-state index contributed by atoms with van der Waals surface area (Å²) in [4.78, 5) is 38.0. The van der Waals surface area contributed by atoms with E-state index in [1.165, 1.54) is 11.8 Å². The van der Waals surface area contributed by atoms with Gasteiger partial charge in [0.25, 0.3) is 0 Å². The summed E-state index contributed by atoms with van der Waals surface area (Å²) in [7, 11) is 0. The Morgan fingerprint density at radius 2 is 1.62 bits per heavy atom. The maximum absolute atomic E-state index is 12.9. The highest BCUT2D eigenvalue weighted by Gasteiger charge is 2.34. The lowest BCUT2D eigenvalue weighted by molar-refractivity contribution is -0.146. The number of amides is 2. The van der Waals surface area contributed by atoms with Crippen LogP contribution in [0.3, 0.4) is 0 Å². The van der Waals surface area contributed by atoms with E-state index in [9.17, 15) is 19.5 Å². The molecule has 3 N–H and O–H groups in total. The van der Waals surface area contributed by atoms with Gasteiger partial charge in [0.2, 0.25) is 11.8 Å². The van der Waals surface area contributed by atoms with Crippen molar-refractivity contribution in [2.45, 2.75) is 29.9 Å². The van der Waals surface area contributed by atoms with Crippen molar-refractivity contribution in [2.75, 3.05) is 10.6 Å². The van der Waals surface area contributed by atoms with Gasteiger partial charge in [-0.2, -0.15) is 0 Å². The van der Waals surface area contributed by atoms with Crippen molar-refractivity contribution in [3.8, 4) is 0 Å². The summed E-state index contributed by atoms with van der Waals surface area (Å²) in [6.45, 7) is 1.84. The van der Waals surface area contributed by atoms with Crippen LogP contribution < -0.4 is 10.6 Å². The Labute approximate surface area is 202 Å². The van der Waals surface area contributed by atoms with Gasteiger partial charge in [0.05, 0.1) is 17.1 Å². The highest BCUT2D eigenvalue weighted by molar-refractivity contribution is 8.00. The molecule has 0 heterocycles. The van der Waals surface area contributed by atoms with Gasteiger partial charge in [0.15, 0.2) is 0 Å². The lowest BCUT2D eigenvalue weighted by atomic mass is 9.82. The molecule has 4 rings (SSSR count). The molecule has 3 atom stereocenters. The first-order chi connectivity index (χ1) is 16.4. The normalized spacial score (nSPS) is 18.3. The highest BCUT2D eigenvalue weighted by atomic mass is 32.2. The van der Waals surface area contributed by atoms with E-state index >= 15 is 0 Å². The largest absolute Gasteiger partial charge is 0.481 e. The molecule has 3 aromatic rings. The number of aliphatic carboxylic acids is 1. The van der Waals surface area contributed by atoms with Crippen molar-refractivity contribution in [3.63, 3.8) is 0 Å². The minimum atomic E-state index is -0.958. The van der Waals surface area contributed by atoms with Crippen LogP contribution in [-0.2, 0) is 14.4 Å². The van der Waals surface area contributed by atoms with Gasteiger partial charge in [0.1, 0.15) is 0 Å². The number of carboxylic acids is 1. The fraction of sp³-hybridized carbons (Fsp3) is 0.222. The molecule has 1 aliphatic carbocycles. The molecule has 0 fully saturated rings. The van der Waals surface area contributed by atoms with Crippen molar-refractivity contribution in [1.29, 1.82) is 0 Å². The first-order valence-electron chi connectivity index (χ1n) is 11.2. The van der Waals surface area contributed by atoms with E-state index in [1.54, 1.807) is 12.1 Å². The number of carbonyl (C=O) groups is 3. The van der Waals surface area contributed by atoms with E-state index in [2.05, 4.69) is 10.6 Å². The van der Waals surface area contributed by atoms with E-state index in [4.69, 9.17) is 0 Å². The summed E-state index contributed by atoms with van der Waals surface area (Å²) >= 11 is 1.39. The molecule has 0 radical (unpaired) electrons. The fourth-order valence-corrected chi connectivity index (χ4v) is 5.01. The first-order valence-corrected chi connectivity index (χ1v) is 12.0. The molecule has 0 saturated heterocycles. The number of allylic oxidation sites excluding steroid dienone is 2. The van der Waals surface area contributed by atoms with Gasteiger partial charge in [-0.3, -0.25) is 14.4 Å². The third-order valence-electron chi connectivity index (χ3n) is 5.92. The average Bonchev–Trinajstić information content (AvgIpc) is 2.84. The Morgan fingerprint density at radius 3 is 2.41 bits per heavy atom. The van der Waals surface area contributed by atoms with E-state index in [1.807, 2.05) is 73.7 Å². The van der Waals surface area contributed by atoms with Crippen LogP contribution in [0.15, 0.2) is 83.8 Å². The summed E-state index contributed by atoms with van der Waals surface area (Å²) in [5, 5.41) is 17.0. The van der Waals surface area contributed by atoms with Crippen molar-refractivity contribution < 1.29 is 19.5 Å². The standard InChI is InChI=1S/C27H26N2O4S/c1-17(25(30)29-24-15-6-9-18-8-2-3-12-21(18)24)34-20-11-7-10-19(16-20)28-26(31)22-13-4-5-14-23(22)27(32)33/h2-12,15-17,22-23H,13-14H2,1H3,(H,28,31)(H,29,30)(H,32,33). The van der Waals surface area contributed by atoms with Crippen molar-refractivity contribution in [1.82, 2.24) is 0 Å². The zero-order valence-electron chi connectivity index (χ0n) is 18.7. The predicted octanol–water partition coefficient (Wildman–Crippen LogP) is 5.56. The Balaban J connectivity index is 1.40. The zero-order valence-corrected chi connectivity index (χ0v) is 19.5. The Morgan fingerprint density at radius 1 is 0.912 bits per heavy atom. The molecule has 0 saturated carbocycles. The molecule has 6 nitrogen and oxygen atoms in total. The number of fused-ring (bicyclic) bond motifs is 1. The molecule has 0 aromatic heterocycles. The molecular weight excluding hydrogens is 448 g/mol. The lowest BCUT2D eigenvalue weighted by Gasteiger charge is -2.24. The summed E-state index contributed by atoms with van der Waals surface area (Å²) in [5.41, 5.74) is 1.35. The molecule has 3 unspecified atom stereocenters. The predicted molar refractivity (Wildman–Crippen MR) is 136 cm³/mol. The SMILES string of the molecule is CC(Sc1cccc(NC(=O)C2CC=CCC2C(=O)O)c1)C(=O)Nc1cccc2ccccc12. The van der Waals surface area contributed by atoms with Crippen LogP contribution in [0.25, 0.3) is 10.8 Å². The summed E-state index contributed by atoms with van der Waals surface area (Å²) in [5.74, 6) is -2.71. The van der Waals surface area contributed by atoms with E-state index in [0.29, 0.717) is 18.5 Å². The van der Waals surface area contributed by atoms with Gasteiger partial charge in [-0.15, -0.1) is 11.8 Å². The molecule has 0 bridgehead atoms. The number of carboxylic acid groups (broad SMARTS) is 1. The Hall–Kier alpha value is -3.58. The quantitative estimate of drug-likeness (QED) is 0.308. The molecule has 1 aliphatic rings. The minimum Gasteiger partial charge on any atom is -0.481 e. The molecule has 7 heteroatoms. The Bertz CT molecular complexity index is 1250. The van der Waals surface area contributed by atoms with Crippen molar-refractivity contribution in [2.24, 2.45) is 11.8 Å². The van der Waals surface area contributed by atoms with Gasteiger partial charge in [-0.05, 0) is 49.4 Å². The fourth-order valence-electron chi connectivity index (χ4n) is 4.09. The summed E-state index contributed by atoms with van der Waals surface area (Å²) in [6, 6.07) is 21.0. The third kappa shape index (κ3) is 5.48. The van der Waals surface area contributed by atoms with E-state index in [0.717, 1.165) is 21.4 Å². The van der Waals surface area contributed by atoms with Crippen molar-refractivity contribution in [3.05, 3.63) is 78.9 Å². The summed E-state index contributed by atoms with van der Waals surface area (Å²) in [6.07, 6.45) is 4.42. The van der Waals surface area contributed by atoms with Gasteiger partial charge >= 0.3 is 5.97 Å². The van der Waals surface area contributed by atoms with E-state index < -0.39 is 17.8 Å². The number of carbonyl (C=O) groups excluding carboxylic acids is 2. The monoisotopic (exact) mass is 474 g/mol. The number of benzene rings is 3. The third-order valence-corrected chi connectivity index (χ3v) is 7.01. The molecule has 174 valence electrons. The zero-order chi connectivity index (χ0) is 24.1. The molecular formula is C27H26N2O4S. The molecule has 2 amide bonds. The lowest BCUT2D eigenvalue weighted by Crippen LogP contribution is -2.34. The van der Waals surface area contributed by atoms with Crippen LogP contribution in [0.2, 0.25) is 0 Å². The first kappa shape index (κ1) is 23.6. The van der Waals surface area contributed by atoms with Crippen molar-refractivity contribution >= 4 is 51.7 Å². The topological polar surface area (TPSA) is 95.5 Å². The van der Waals surface area contributed by atoms with Gasteiger partial charge < -0.3 is 15.7 Å². The second-order valence-corrected chi connectivity index (χ2v) is 9.70. The number of nitrogens with one attached hydrogen (secondary N) is 2. The van der Waals surface area contributed by atoms with Crippen LogP contribution in [0.4, 0.5) is 11.4 Å². The number of hydrogen-bond acceptors (Lipinski definition) is 4. The number of rotatable bonds is 7. The van der Waals surface area contributed by atoms with Crippen LogP contribution in [0.1, 0.15) is 19.8 Å². The molecule has 34 heavy (non-hydrogen) atoms. The minimum absolute atomic E-state index is 0.117. The smallest absolute Gasteiger partial charge is 0.307 e. The maximum Gasteiger partial charge on any atom is 0.307 e. The Kier molecular flexibility index (Phi) is 7.33. The number of anilines is 2. The number of thioether (sulfide) groups is 1. The van der Waals surface area contributed by atoms with Gasteiger partial charge in [-0.25, -0.2) is 0 Å². The molecule has 3 aromatic carbocycles. The van der Waals surface area contributed by atoms with Crippen LogP contribution in [0.5, 0.6) is 0 Å². The van der Waals surface area contributed by atoms with Crippen LogP contribution in [-0.4, -0.2) is 28.1 Å². The van der Waals surface area contributed by atoms with Crippen LogP contribution in [0, 0.1) is 11.8 Å². The van der Waals surface area contributed by atoms with Gasteiger partial charge in [0, 0.05) is 21.7 Å². The summed E-state index contributed by atoms with van der Waals surface area (Å²) < 4.78 is 0.